The second-order valence-electron chi connectivity index (χ2n) is 6.14. The first kappa shape index (κ1) is 25.6. The Morgan fingerprint density at radius 3 is 1.71 bits per heavy atom. The molecule has 0 spiro atoms. The lowest BCUT2D eigenvalue weighted by Gasteiger charge is -2.11. The summed E-state index contributed by atoms with van der Waals surface area (Å²) in [5.74, 6) is 1.43. The Labute approximate surface area is 198 Å². The smallest absolute Gasteiger partial charge is 0.324 e. The van der Waals surface area contributed by atoms with Crippen molar-refractivity contribution in [3.8, 4) is 0 Å². The molecule has 2 aromatic heterocycles. The molecule has 10 nitrogen and oxygen atoms in total. The minimum atomic E-state index is -0.254. The minimum absolute atomic E-state index is 0.243. The third-order valence-electron chi connectivity index (χ3n) is 3.31. The van der Waals surface area contributed by atoms with Crippen LogP contribution in [-0.2, 0) is 0 Å². The molecule has 2 aromatic rings. The zero-order valence-electron chi connectivity index (χ0n) is 17.2. The van der Waals surface area contributed by atoms with E-state index in [9.17, 15) is 9.59 Å². The highest BCUT2D eigenvalue weighted by atomic mass is 32.2. The Kier molecular flexibility index (Phi) is 12.6. The van der Waals surface area contributed by atoms with Crippen molar-refractivity contribution in [1.29, 1.82) is 0 Å². The Bertz CT molecular complexity index is 688. The highest BCUT2D eigenvalue weighted by molar-refractivity contribution is 8.03. The molecule has 0 aliphatic rings. The van der Waals surface area contributed by atoms with Gasteiger partial charge in [0.25, 0.3) is 10.4 Å². The zero-order chi connectivity index (χ0) is 22.3. The lowest BCUT2D eigenvalue weighted by atomic mass is 10.4. The number of carbonyl (C=O) groups is 2. The Balaban J connectivity index is 1.39. The number of amides is 4. The molecule has 2 heterocycles. The molecule has 2 rings (SSSR count). The van der Waals surface area contributed by atoms with E-state index in [2.05, 4.69) is 30.0 Å². The first-order valence-corrected chi connectivity index (χ1v) is 13.2. The van der Waals surface area contributed by atoms with Gasteiger partial charge in [0.05, 0.1) is 12.4 Å². The van der Waals surface area contributed by atoms with E-state index >= 15 is 0 Å². The van der Waals surface area contributed by atoms with Crippen LogP contribution < -0.4 is 20.1 Å². The van der Waals surface area contributed by atoms with Gasteiger partial charge in [-0.3, -0.25) is 9.44 Å². The van der Waals surface area contributed by atoms with Crippen LogP contribution in [0.1, 0.15) is 20.3 Å². The molecule has 4 amide bonds. The number of oxazole rings is 2. The summed E-state index contributed by atoms with van der Waals surface area (Å²) in [5, 5.41) is 7.23. The molecule has 2 atom stereocenters. The van der Waals surface area contributed by atoms with Crippen molar-refractivity contribution in [2.45, 2.75) is 41.2 Å². The number of nitrogens with zero attached hydrogens (tertiary/aromatic N) is 2. The average molecular weight is 507 g/mol. The van der Waals surface area contributed by atoms with E-state index in [-0.39, 0.29) is 22.6 Å². The molecule has 0 fully saturated rings. The molecule has 0 saturated carbocycles. The topological polar surface area (TPSA) is 134 Å². The molecule has 31 heavy (non-hydrogen) atoms. The van der Waals surface area contributed by atoms with Crippen LogP contribution in [0.2, 0.25) is 0 Å². The van der Waals surface area contributed by atoms with Crippen LogP contribution in [0.3, 0.4) is 0 Å². The molecule has 0 bridgehead atoms. The molecule has 0 radical (unpaired) electrons. The van der Waals surface area contributed by atoms with E-state index < -0.39 is 0 Å². The molecule has 172 valence electrons. The molecular weight excluding hydrogens is 480 g/mol. The van der Waals surface area contributed by atoms with Crippen molar-refractivity contribution in [3.05, 3.63) is 24.9 Å². The van der Waals surface area contributed by atoms with Gasteiger partial charge >= 0.3 is 12.1 Å². The molecule has 0 aromatic carbocycles. The summed E-state index contributed by atoms with van der Waals surface area (Å²) >= 11 is 5.67. The lowest BCUT2D eigenvalue weighted by Crippen LogP contribution is -2.36. The molecular formula is C17H26N6O4S4. The summed E-state index contributed by atoms with van der Waals surface area (Å²) in [6.45, 7) is 4.99. The Morgan fingerprint density at radius 2 is 1.32 bits per heavy atom. The van der Waals surface area contributed by atoms with Gasteiger partial charge in [-0.05, 0) is 30.3 Å². The summed E-state index contributed by atoms with van der Waals surface area (Å²) in [5.41, 5.74) is 0. The van der Waals surface area contributed by atoms with Crippen molar-refractivity contribution in [2.24, 2.45) is 0 Å². The highest BCUT2D eigenvalue weighted by Gasteiger charge is 2.10. The number of rotatable bonds is 14. The van der Waals surface area contributed by atoms with Gasteiger partial charge in [0, 0.05) is 35.1 Å². The number of hydrogen-bond acceptors (Lipinski definition) is 10. The van der Waals surface area contributed by atoms with Crippen molar-refractivity contribution in [2.75, 3.05) is 24.6 Å². The second kappa shape index (κ2) is 15.2. The molecule has 14 heteroatoms. The third-order valence-corrected chi connectivity index (χ3v) is 7.67. The van der Waals surface area contributed by atoms with E-state index in [4.69, 9.17) is 8.83 Å². The van der Waals surface area contributed by atoms with E-state index in [0.29, 0.717) is 30.0 Å². The van der Waals surface area contributed by atoms with Gasteiger partial charge in [0.2, 0.25) is 0 Å². The van der Waals surface area contributed by atoms with Crippen molar-refractivity contribution in [1.82, 2.24) is 30.0 Å². The number of thioether (sulfide) groups is 2. The van der Waals surface area contributed by atoms with Crippen molar-refractivity contribution >= 4 is 59.5 Å². The minimum Gasteiger partial charge on any atom is -0.440 e. The molecule has 2 unspecified atom stereocenters. The van der Waals surface area contributed by atoms with Crippen LogP contribution in [0, 0.1) is 0 Å². The third kappa shape index (κ3) is 12.1. The first-order chi connectivity index (χ1) is 15.0. The van der Waals surface area contributed by atoms with Crippen molar-refractivity contribution < 1.29 is 18.4 Å². The number of urea groups is 2. The normalized spacial score (nSPS) is 12.7. The number of aromatic nitrogens is 2. The van der Waals surface area contributed by atoms with Crippen molar-refractivity contribution in [3.63, 3.8) is 0 Å². The number of carbonyl (C=O) groups excluding carboxylic acids is 2. The standard InChI is InChI=1S/C17H26N6O4S4/c1-12(30-16-20-6-8-26-16)10-28-22-14(24)18-4-3-5-19-15(25)23-29-11-13(2)31-17-21-7-9-27-17/h6-9,12-13H,3-5,10-11H2,1-2H3,(H2,18,22,24)(H2,19,23,25). The lowest BCUT2D eigenvalue weighted by molar-refractivity contribution is 0.245. The van der Waals surface area contributed by atoms with Crippen LogP contribution in [0.4, 0.5) is 9.59 Å². The summed E-state index contributed by atoms with van der Waals surface area (Å²) in [4.78, 5) is 31.6. The summed E-state index contributed by atoms with van der Waals surface area (Å²) < 4.78 is 15.8. The van der Waals surface area contributed by atoms with E-state index in [0.717, 1.165) is 11.5 Å². The molecule has 4 N–H and O–H groups in total. The van der Waals surface area contributed by atoms with Gasteiger partial charge in [-0.2, -0.15) is 0 Å². The molecule has 0 aliphatic carbocycles. The fourth-order valence-corrected chi connectivity index (χ4v) is 5.11. The summed E-state index contributed by atoms with van der Waals surface area (Å²) in [6.07, 6.45) is 6.91. The first-order valence-electron chi connectivity index (χ1n) is 9.46. The fourth-order valence-electron chi connectivity index (χ4n) is 1.96. The zero-order valence-corrected chi connectivity index (χ0v) is 20.4. The highest BCUT2D eigenvalue weighted by Crippen LogP contribution is 2.23. The van der Waals surface area contributed by atoms with E-state index in [1.54, 1.807) is 12.4 Å². The summed E-state index contributed by atoms with van der Waals surface area (Å²) in [7, 11) is 0. The predicted octanol–water partition coefficient (Wildman–Crippen LogP) is 3.61. The van der Waals surface area contributed by atoms with Crippen LogP contribution in [0.5, 0.6) is 0 Å². The van der Waals surface area contributed by atoms with Gasteiger partial charge in [-0.1, -0.05) is 37.4 Å². The SMILES string of the molecule is CC(CSNC(=O)NCCCNC(=O)NSCC(C)Sc1ncco1)Sc1ncco1. The second-order valence-corrected chi connectivity index (χ2v) is 10.6. The van der Waals surface area contributed by atoms with Crippen LogP contribution in [-0.4, -0.2) is 57.1 Å². The van der Waals surface area contributed by atoms with Gasteiger partial charge in [0.15, 0.2) is 0 Å². The molecule has 0 aliphatic heterocycles. The average Bonchev–Trinajstić information content (AvgIpc) is 3.42. The van der Waals surface area contributed by atoms with Gasteiger partial charge in [-0.15, -0.1) is 0 Å². The van der Waals surface area contributed by atoms with E-state index in [1.807, 2.05) is 13.8 Å². The largest absolute Gasteiger partial charge is 0.440 e. The maximum Gasteiger partial charge on any atom is 0.324 e. The number of nitrogens with one attached hydrogen (secondary N) is 4. The number of hydrogen-bond donors (Lipinski definition) is 4. The van der Waals surface area contributed by atoms with Crippen LogP contribution >= 0.6 is 47.4 Å². The fraction of sp³-hybridized carbons (Fsp3) is 0.529. The maximum atomic E-state index is 11.8. The van der Waals surface area contributed by atoms with Crippen LogP contribution in [0.15, 0.2) is 44.2 Å². The predicted molar refractivity (Wildman–Crippen MR) is 126 cm³/mol. The van der Waals surface area contributed by atoms with E-state index in [1.165, 1.54) is 59.9 Å². The van der Waals surface area contributed by atoms with Crippen LogP contribution in [0.25, 0.3) is 0 Å². The Morgan fingerprint density at radius 1 is 0.871 bits per heavy atom. The van der Waals surface area contributed by atoms with Gasteiger partial charge < -0.3 is 19.5 Å². The maximum absolute atomic E-state index is 11.8. The van der Waals surface area contributed by atoms with Gasteiger partial charge in [-0.25, -0.2) is 19.6 Å². The summed E-state index contributed by atoms with van der Waals surface area (Å²) in [6, 6.07) is -0.508. The Hall–Kier alpha value is -1.64. The quantitative estimate of drug-likeness (QED) is 0.171. The molecule has 0 saturated heterocycles. The van der Waals surface area contributed by atoms with Gasteiger partial charge in [0.1, 0.15) is 12.5 Å². The monoisotopic (exact) mass is 506 g/mol.